The number of carbonyl (C=O) groups is 2. The lowest BCUT2D eigenvalue weighted by Gasteiger charge is -2.35. The Labute approximate surface area is 151 Å². The van der Waals surface area contributed by atoms with Gasteiger partial charge < -0.3 is 19.4 Å². The molecule has 26 heavy (non-hydrogen) atoms. The van der Waals surface area contributed by atoms with Crippen LogP contribution in [0, 0.1) is 6.92 Å². The second-order valence-electron chi connectivity index (χ2n) is 6.22. The average Bonchev–Trinajstić information content (AvgIpc) is 3.23. The number of morpholine rings is 1. The Morgan fingerprint density at radius 2 is 2.27 bits per heavy atom. The van der Waals surface area contributed by atoms with Crippen LogP contribution in [0.15, 0.2) is 23.1 Å². The van der Waals surface area contributed by atoms with Gasteiger partial charge in [-0.05, 0) is 13.0 Å². The molecule has 0 aromatic carbocycles. The normalized spacial score (nSPS) is 17.3. The van der Waals surface area contributed by atoms with Crippen molar-refractivity contribution in [1.29, 1.82) is 0 Å². The van der Waals surface area contributed by atoms with Crippen molar-refractivity contribution in [3.8, 4) is 0 Å². The van der Waals surface area contributed by atoms with Crippen molar-refractivity contribution in [2.24, 2.45) is 7.05 Å². The number of ether oxygens (including phenoxy) is 1. The largest absolute Gasteiger partial charge is 0.469 e. The van der Waals surface area contributed by atoms with E-state index in [1.54, 1.807) is 22.6 Å². The summed E-state index contributed by atoms with van der Waals surface area (Å²) >= 11 is 0. The molecule has 140 valence electrons. The molecule has 0 saturated carbocycles. The second-order valence-corrected chi connectivity index (χ2v) is 6.22. The third-order valence-corrected chi connectivity index (χ3v) is 4.47. The highest BCUT2D eigenvalue weighted by atomic mass is 16.5. The van der Waals surface area contributed by atoms with Crippen LogP contribution in [0.1, 0.15) is 28.4 Å². The van der Waals surface area contributed by atoms with Gasteiger partial charge in [0.2, 0.25) is 5.91 Å². The van der Waals surface area contributed by atoms with Crippen LogP contribution < -0.4 is 5.32 Å². The van der Waals surface area contributed by atoms with Crippen molar-refractivity contribution in [3.63, 3.8) is 0 Å². The van der Waals surface area contributed by atoms with E-state index in [1.807, 2.05) is 7.05 Å². The molecule has 2 amide bonds. The molecule has 3 rings (SSSR count). The van der Waals surface area contributed by atoms with Crippen LogP contribution >= 0.6 is 0 Å². The molecule has 1 N–H and O–H groups in total. The number of carbonyl (C=O) groups excluding carboxylic acids is 2. The van der Waals surface area contributed by atoms with E-state index in [1.165, 1.54) is 12.6 Å². The minimum atomic E-state index is -0.291. The van der Waals surface area contributed by atoms with E-state index in [2.05, 4.69) is 15.4 Å². The first-order valence-electron chi connectivity index (χ1n) is 8.58. The van der Waals surface area contributed by atoms with Crippen molar-refractivity contribution < 1.29 is 18.7 Å². The van der Waals surface area contributed by atoms with Gasteiger partial charge in [-0.3, -0.25) is 14.3 Å². The fourth-order valence-electron chi connectivity index (χ4n) is 3.00. The topological polar surface area (TPSA) is 102 Å². The molecule has 0 aliphatic carbocycles. The predicted molar refractivity (Wildman–Crippen MR) is 91.4 cm³/mol. The number of hydrogen-bond donors (Lipinski definition) is 1. The van der Waals surface area contributed by atoms with E-state index in [-0.39, 0.29) is 24.3 Å². The summed E-state index contributed by atoms with van der Waals surface area (Å²) in [6.07, 6.45) is 3.77. The molecule has 3 heterocycles. The highest BCUT2D eigenvalue weighted by Gasteiger charge is 2.31. The van der Waals surface area contributed by atoms with Crippen LogP contribution in [-0.4, -0.2) is 63.8 Å². The third kappa shape index (κ3) is 4.10. The van der Waals surface area contributed by atoms with Crippen molar-refractivity contribution in [3.05, 3.63) is 35.8 Å². The second kappa shape index (κ2) is 8.13. The zero-order chi connectivity index (χ0) is 18.5. The lowest BCUT2D eigenvalue weighted by atomic mass is 10.1. The number of furan rings is 1. The molecule has 0 radical (unpaired) electrons. The molecule has 1 fully saturated rings. The van der Waals surface area contributed by atoms with Crippen LogP contribution in [0.5, 0.6) is 0 Å². The summed E-state index contributed by atoms with van der Waals surface area (Å²) < 4.78 is 12.4. The number of aryl methyl sites for hydroxylation is 2. The molecular weight excluding hydrogens is 338 g/mol. The van der Waals surface area contributed by atoms with Gasteiger partial charge in [0.1, 0.15) is 17.9 Å². The Morgan fingerprint density at radius 1 is 1.42 bits per heavy atom. The summed E-state index contributed by atoms with van der Waals surface area (Å²) in [6.45, 7) is 3.49. The van der Waals surface area contributed by atoms with Crippen LogP contribution in [0.3, 0.4) is 0 Å². The predicted octanol–water partition coefficient (Wildman–Crippen LogP) is 0.307. The first-order valence-corrected chi connectivity index (χ1v) is 8.58. The van der Waals surface area contributed by atoms with Crippen molar-refractivity contribution >= 4 is 11.8 Å². The summed E-state index contributed by atoms with van der Waals surface area (Å²) in [5.41, 5.74) is 0.527. The molecule has 0 bridgehead atoms. The lowest BCUT2D eigenvalue weighted by Crippen LogP contribution is -2.50. The van der Waals surface area contributed by atoms with Crippen LogP contribution in [-0.2, 0) is 23.0 Å². The minimum Gasteiger partial charge on any atom is -0.469 e. The summed E-state index contributed by atoms with van der Waals surface area (Å²) in [5, 5.41) is 6.86. The van der Waals surface area contributed by atoms with Crippen molar-refractivity contribution in [2.75, 3.05) is 26.3 Å². The molecule has 1 unspecified atom stereocenters. The average molecular weight is 361 g/mol. The Kier molecular flexibility index (Phi) is 5.67. The SMILES string of the molecule is Cc1occc1C(=O)N1CCOCC1CC(=O)NCCc1ncnn1C. The Hall–Kier alpha value is -2.68. The fourth-order valence-corrected chi connectivity index (χ4v) is 3.00. The molecule has 1 aliphatic rings. The smallest absolute Gasteiger partial charge is 0.257 e. The van der Waals surface area contributed by atoms with E-state index >= 15 is 0 Å². The number of aromatic nitrogens is 3. The lowest BCUT2D eigenvalue weighted by molar-refractivity contribution is -0.123. The zero-order valence-corrected chi connectivity index (χ0v) is 15.0. The van der Waals surface area contributed by atoms with Gasteiger partial charge in [0.25, 0.3) is 5.91 Å². The third-order valence-electron chi connectivity index (χ3n) is 4.47. The number of amides is 2. The van der Waals surface area contributed by atoms with Gasteiger partial charge in [-0.2, -0.15) is 5.10 Å². The standard InChI is InChI=1S/C17H23N5O4/c1-12-14(4-7-26-12)17(24)22-6-8-25-10-13(22)9-16(23)18-5-3-15-19-11-20-21(15)2/h4,7,11,13H,3,5-6,8-10H2,1-2H3,(H,18,23). The number of rotatable bonds is 6. The van der Waals surface area contributed by atoms with Gasteiger partial charge in [-0.15, -0.1) is 0 Å². The number of nitrogens with zero attached hydrogens (tertiary/aromatic N) is 4. The van der Waals surface area contributed by atoms with E-state index < -0.39 is 0 Å². The maximum atomic E-state index is 12.7. The highest BCUT2D eigenvalue weighted by molar-refractivity contribution is 5.95. The van der Waals surface area contributed by atoms with Crippen molar-refractivity contribution in [1.82, 2.24) is 25.0 Å². The first kappa shape index (κ1) is 18.1. The van der Waals surface area contributed by atoms with Gasteiger partial charge in [0, 0.05) is 33.0 Å². The molecule has 0 spiro atoms. The van der Waals surface area contributed by atoms with Crippen LogP contribution in [0.2, 0.25) is 0 Å². The van der Waals surface area contributed by atoms with Gasteiger partial charge in [0.05, 0.1) is 31.1 Å². The Balaban J connectivity index is 1.54. The van der Waals surface area contributed by atoms with E-state index in [4.69, 9.17) is 9.15 Å². The van der Waals surface area contributed by atoms with E-state index in [9.17, 15) is 9.59 Å². The highest BCUT2D eigenvalue weighted by Crippen LogP contribution is 2.18. The number of nitrogens with one attached hydrogen (secondary N) is 1. The summed E-state index contributed by atoms with van der Waals surface area (Å²) in [5.74, 6) is 1.13. The van der Waals surface area contributed by atoms with E-state index in [0.717, 1.165) is 5.82 Å². The molecule has 9 heteroatoms. The first-order chi connectivity index (χ1) is 12.6. The summed E-state index contributed by atoms with van der Waals surface area (Å²) in [7, 11) is 1.81. The molecule has 1 saturated heterocycles. The van der Waals surface area contributed by atoms with E-state index in [0.29, 0.717) is 44.0 Å². The quantitative estimate of drug-likeness (QED) is 0.794. The van der Waals surface area contributed by atoms with Gasteiger partial charge in [-0.1, -0.05) is 0 Å². The van der Waals surface area contributed by atoms with Gasteiger partial charge >= 0.3 is 0 Å². The van der Waals surface area contributed by atoms with Crippen LogP contribution in [0.25, 0.3) is 0 Å². The maximum Gasteiger partial charge on any atom is 0.257 e. The van der Waals surface area contributed by atoms with Gasteiger partial charge in [0.15, 0.2) is 0 Å². The fraction of sp³-hybridized carbons (Fsp3) is 0.529. The molecule has 2 aromatic rings. The monoisotopic (exact) mass is 361 g/mol. The molecule has 9 nitrogen and oxygen atoms in total. The van der Waals surface area contributed by atoms with Crippen molar-refractivity contribution in [2.45, 2.75) is 25.8 Å². The molecule has 1 atom stereocenters. The Bertz CT molecular complexity index is 769. The maximum absolute atomic E-state index is 12.7. The van der Waals surface area contributed by atoms with Gasteiger partial charge in [-0.25, -0.2) is 4.98 Å². The summed E-state index contributed by atoms with van der Waals surface area (Å²) in [4.78, 5) is 30.8. The summed E-state index contributed by atoms with van der Waals surface area (Å²) in [6, 6.07) is 1.37. The zero-order valence-electron chi connectivity index (χ0n) is 15.0. The molecule has 2 aromatic heterocycles. The minimum absolute atomic E-state index is 0.121. The number of hydrogen-bond acceptors (Lipinski definition) is 6. The Morgan fingerprint density at radius 3 is 2.96 bits per heavy atom. The molecular formula is C17H23N5O4. The molecule has 1 aliphatic heterocycles. The van der Waals surface area contributed by atoms with Crippen LogP contribution in [0.4, 0.5) is 0 Å².